The molecule has 0 unspecified atom stereocenters. The third-order valence-electron chi connectivity index (χ3n) is 5.07. The lowest BCUT2D eigenvalue weighted by Crippen LogP contribution is -2.44. The summed E-state index contributed by atoms with van der Waals surface area (Å²) in [6, 6.07) is 8.41. The number of carbonyl (C=O) groups is 1. The lowest BCUT2D eigenvalue weighted by Gasteiger charge is -2.32. The molecular weight excluding hydrogens is 460 g/mol. The molecule has 0 spiro atoms. The van der Waals surface area contributed by atoms with Crippen molar-refractivity contribution in [3.8, 4) is 5.75 Å². The molecule has 1 aliphatic heterocycles. The summed E-state index contributed by atoms with van der Waals surface area (Å²) in [6.45, 7) is 0.744. The van der Waals surface area contributed by atoms with Crippen LogP contribution >= 0.6 is 15.9 Å². The molecule has 0 bridgehead atoms. The van der Waals surface area contributed by atoms with Gasteiger partial charge in [-0.1, -0.05) is 15.9 Å². The molecule has 1 aliphatic rings. The molecule has 0 aliphatic carbocycles. The Morgan fingerprint density at radius 2 is 1.93 bits per heavy atom. The number of piperidine rings is 1. The zero-order chi connectivity index (χ0) is 21.3. The van der Waals surface area contributed by atoms with E-state index in [4.69, 9.17) is 4.74 Å². The van der Waals surface area contributed by atoms with Crippen LogP contribution in [0.15, 0.2) is 52.0 Å². The summed E-state index contributed by atoms with van der Waals surface area (Å²) in [7, 11) is 0. The van der Waals surface area contributed by atoms with Crippen molar-refractivity contribution < 1.29 is 18.3 Å². The van der Waals surface area contributed by atoms with E-state index >= 15 is 0 Å². The van der Waals surface area contributed by atoms with Gasteiger partial charge in [-0.3, -0.25) is 14.2 Å². The number of likely N-dealkylation sites (tertiary alicyclic amines) is 1. The highest BCUT2D eigenvalue weighted by Gasteiger charge is 2.25. The molecule has 1 fully saturated rings. The lowest BCUT2D eigenvalue weighted by molar-refractivity contribution is -0.133. The standard InChI is InChI=1S/C21H18BrF2N3O3/c22-13-1-3-18-16(9-13)21(29)27(12-25-18)11-20(28)26-7-5-15(6-8-26)30-19-4-2-14(23)10-17(19)24/h1-4,9-10,12,15H,5-8,11H2. The molecule has 1 saturated heterocycles. The van der Waals surface area contributed by atoms with E-state index in [2.05, 4.69) is 20.9 Å². The fourth-order valence-electron chi connectivity index (χ4n) is 3.46. The van der Waals surface area contributed by atoms with Gasteiger partial charge in [0.1, 0.15) is 18.5 Å². The molecular formula is C21H18BrF2N3O3. The topological polar surface area (TPSA) is 64.4 Å². The average molecular weight is 478 g/mol. The number of fused-ring (bicyclic) bond motifs is 1. The van der Waals surface area contributed by atoms with E-state index in [1.54, 1.807) is 23.1 Å². The highest BCUT2D eigenvalue weighted by atomic mass is 79.9. The summed E-state index contributed by atoms with van der Waals surface area (Å²) in [5, 5.41) is 0.438. The second kappa shape index (κ2) is 8.51. The first kappa shape index (κ1) is 20.5. The minimum absolute atomic E-state index is 0.00104. The molecule has 0 saturated carbocycles. The van der Waals surface area contributed by atoms with Gasteiger partial charge >= 0.3 is 0 Å². The molecule has 0 N–H and O–H groups in total. The van der Waals surface area contributed by atoms with Gasteiger partial charge in [-0.15, -0.1) is 0 Å². The van der Waals surface area contributed by atoms with Crippen molar-refractivity contribution in [3.05, 3.63) is 69.2 Å². The van der Waals surface area contributed by atoms with Gasteiger partial charge < -0.3 is 9.64 Å². The number of halogens is 3. The summed E-state index contributed by atoms with van der Waals surface area (Å²) >= 11 is 3.34. The molecule has 9 heteroatoms. The number of benzene rings is 2. The van der Waals surface area contributed by atoms with Crippen LogP contribution in [0.3, 0.4) is 0 Å². The van der Waals surface area contributed by atoms with E-state index < -0.39 is 11.6 Å². The van der Waals surface area contributed by atoms with Gasteiger partial charge in [0.2, 0.25) is 5.91 Å². The minimum atomic E-state index is -0.747. The molecule has 3 aromatic rings. The Labute approximate surface area is 179 Å². The third-order valence-corrected chi connectivity index (χ3v) is 5.57. The highest BCUT2D eigenvalue weighted by molar-refractivity contribution is 9.10. The fourth-order valence-corrected chi connectivity index (χ4v) is 3.82. The molecule has 30 heavy (non-hydrogen) atoms. The first-order valence-corrected chi connectivity index (χ1v) is 10.2. The number of hydrogen-bond acceptors (Lipinski definition) is 4. The second-order valence-corrected chi connectivity index (χ2v) is 8.03. The van der Waals surface area contributed by atoms with Crippen molar-refractivity contribution in [3.63, 3.8) is 0 Å². The maximum atomic E-state index is 13.8. The summed E-state index contributed by atoms with van der Waals surface area (Å²) in [6.07, 6.45) is 2.14. The molecule has 2 aromatic carbocycles. The molecule has 2 heterocycles. The predicted octanol–water partition coefficient (Wildman–Crippen LogP) is 3.51. The van der Waals surface area contributed by atoms with Crippen LogP contribution in [0.4, 0.5) is 8.78 Å². The van der Waals surface area contributed by atoms with Crippen LogP contribution in [0, 0.1) is 11.6 Å². The first-order valence-electron chi connectivity index (χ1n) is 9.45. The van der Waals surface area contributed by atoms with Crippen molar-refractivity contribution >= 4 is 32.7 Å². The minimum Gasteiger partial charge on any atom is -0.487 e. The Hall–Kier alpha value is -2.81. The lowest BCUT2D eigenvalue weighted by atomic mass is 10.1. The van der Waals surface area contributed by atoms with Gasteiger partial charge in [-0.2, -0.15) is 0 Å². The van der Waals surface area contributed by atoms with Crippen molar-refractivity contribution in [2.45, 2.75) is 25.5 Å². The molecule has 4 rings (SSSR count). The number of carbonyl (C=O) groups excluding carboxylic acids is 1. The van der Waals surface area contributed by atoms with E-state index in [1.165, 1.54) is 17.0 Å². The SMILES string of the molecule is O=C(Cn1cnc2ccc(Br)cc2c1=O)N1CCC(Oc2ccc(F)cc2F)CC1. The van der Waals surface area contributed by atoms with E-state index in [0.29, 0.717) is 36.8 Å². The fraction of sp³-hybridized carbons (Fsp3) is 0.286. The second-order valence-electron chi connectivity index (χ2n) is 7.11. The number of rotatable bonds is 4. The quantitative estimate of drug-likeness (QED) is 0.576. The maximum Gasteiger partial charge on any atom is 0.261 e. The number of nitrogens with zero attached hydrogens (tertiary/aromatic N) is 3. The van der Waals surface area contributed by atoms with Gasteiger partial charge in [-0.25, -0.2) is 13.8 Å². The zero-order valence-corrected chi connectivity index (χ0v) is 17.4. The highest BCUT2D eigenvalue weighted by Crippen LogP contribution is 2.23. The Kier molecular flexibility index (Phi) is 5.80. The smallest absolute Gasteiger partial charge is 0.261 e. The normalized spacial score (nSPS) is 14.8. The summed E-state index contributed by atoms with van der Waals surface area (Å²) in [4.78, 5) is 31.2. The largest absolute Gasteiger partial charge is 0.487 e. The van der Waals surface area contributed by atoms with E-state index in [9.17, 15) is 18.4 Å². The van der Waals surface area contributed by atoms with E-state index in [1.807, 2.05) is 0 Å². The number of amides is 1. The van der Waals surface area contributed by atoms with Gasteiger partial charge in [-0.05, 0) is 30.3 Å². The van der Waals surface area contributed by atoms with Gasteiger partial charge in [0.15, 0.2) is 11.6 Å². The molecule has 6 nitrogen and oxygen atoms in total. The van der Waals surface area contributed by atoms with Crippen molar-refractivity contribution in [1.29, 1.82) is 0 Å². The maximum absolute atomic E-state index is 13.8. The first-order chi connectivity index (χ1) is 14.4. The average Bonchev–Trinajstić information content (AvgIpc) is 2.73. The Bertz CT molecular complexity index is 1160. The molecule has 1 amide bonds. The van der Waals surface area contributed by atoms with E-state index in [0.717, 1.165) is 16.6 Å². The van der Waals surface area contributed by atoms with Gasteiger partial charge in [0.05, 0.1) is 17.2 Å². The monoisotopic (exact) mass is 477 g/mol. The van der Waals surface area contributed by atoms with Crippen molar-refractivity contribution in [1.82, 2.24) is 14.5 Å². The number of ether oxygens (including phenoxy) is 1. The molecule has 1 aromatic heterocycles. The third kappa shape index (κ3) is 4.35. The summed E-state index contributed by atoms with van der Waals surface area (Å²) < 4.78 is 34.4. The van der Waals surface area contributed by atoms with Crippen molar-refractivity contribution in [2.75, 3.05) is 13.1 Å². The van der Waals surface area contributed by atoms with Crippen LogP contribution in [0.2, 0.25) is 0 Å². The molecule has 0 radical (unpaired) electrons. The van der Waals surface area contributed by atoms with Gasteiger partial charge in [0.25, 0.3) is 5.56 Å². The number of hydrogen-bond donors (Lipinski definition) is 0. The predicted molar refractivity (Wildman–Crippen MR) is 110 cm³/mol. The van der Waals surface area contributed by atoms with Crippen LogP contribution in [0.25, 0.3) is 10.9 Å². The Morgan fingerprint density at radius 3 is 2.67 bits per heavy atom. The summed E-state index contributed by atoms with van der Waals surface area (Å²) in [5.74, 6) is -1.60. The zero-order valence-electron chi connectivity index (χ0n) is 15.9. The van der Waals surface area contributed by atoms with Crippen LogP contribution in [0.1, 0.15) is 12.8 Å². The summed E-state index contributed by atoms with van der Waals surface area (Å²) in [5.41, 5.74) is 0.289. The van der Waals surface area contributed by atoms with Crippen LogP contribution in [-0.4, -0.2) is 39.6 Å². The molecule has 0 atom stereocenters. The Morgan fingerprint density at radius 1 is 1.17 bits per heavy atom. The van der Waals surface area contributed by atoms with Crippen LogP contribution in [0.5, 0.6) is 5.75 Å². The van der Waals surface area contributed by atoms with Crippen LogP contribution < -0.4 is 10.3 Å². The number of aromatic nitrogens is 2. The van der Waals surface area contributed by atoms with Crippen molar-refractivity contribution in [2.24, 2.45) is 0 Å². The van der Waals surface area contributed by atoms with Gasteiger partial charge in [0, 0.05) is 36.5 Å². The van der Waals surface area contributed by atoms with E-state index in [-0.39, 0.29) is 29.9 Å². The molecule has 156 valence electrons. The Balaban J connectivity index is 1.38. The van der Waals surface area contributed by atoms with Crippen LogP contribution in [-0.2, 0) is 11.3 Å².